The van der Waals surface area contributed by atoms with Gasteiger partial charge in [0.2, 0.25) is 0 Å². The second kappa shape index (κ2) is 52.7. The Hall–Kier alpha value is -9.80. The third-order valence-electron chi connectivity index (χ3n) is 22.0. The molecular weight excluding hydrogens is 1800 g/mol. The van der Waals surface area contributed by atoms with E-state index in [-0.39, 0.29) is 120 Å². The van der Waals surface area contributed by atoms with Crippen LogP contribution in [0.15, 0.2) is 121 Å². The number of aryl methyl sites for hydroxylation is 8. The Morgan fingerprint density at radius 2 is 0.348 bits per heavy atom. The van der Waals surface area contributed by atoms with Crippen molar-refractivity contribution in [1.82, 2.24) is 0 Å². The van der Waals surface area contributed by atoms with E-state index in [0.717, 1.165) is 87.0 Å². The van der Waals surface area contributed by atoms with Crippen molar-refractivity contribution in [2.45, 2.75) is 128 Å². The van der Waals surface area contributed by atoms with Gasteiger partial charge in [-0.2, -0.15) is 0 Å². The highest BCUT2D eigenvalue weighted by Crippen LogP contribution is 2.45. The zero-order valence-electron chi connectivity index (χ0n) is 76.4. The molecule has 0 bridgehead atoms. The SMILES string of the molecule is C[N+](C)(CCCc1cc(O)c(O)c(O)c1)CCCP(=O)([O-])OCCCc1cc(O)c(O)c(O)c1.C[N+](C)(CCCc1cc(O)c(O)c(O)c1)CCCP(=O)([O-])OCCCc1ccc(O)c(O)c1.C[N+](C)(CCCc1ccc(O)c(O)c1)CCCP(=O)([O-])OCCCc1cc(O)c(O)c(O)c1.C[N+](C)(CCCc1ccc(O)c(O)c1)CCCP(=O)([O-])OCCCc1ccc(O)c(O)c1. The van der Waals surface area contributed by atoms with Crippen LogP contribution in [0.4, 0.5) is 0 Å². The highest BCUT2D eigenvalue weighted by Gasteiger charge is 2.25. The number of nitrogens with zero attached hydrogens (tertiary/aromatic N) is 4. The summed E-state index contributed by atoms with van der Waals surface area (Å²) in [5, 5.41) is 189. The Labute approximate surface area is 771 Å². The fraction of sp³-hybridized carbons (Fsp3) is 0.478. The van der Waals surface area contributed by atoms with Gasteiger partial charge in [0.25, 0.3) is 0 Å². The minimum absolute atomic E-state index is 0.000896. The van der Waals surface area contributed by atoms with Crippen LogP contribution in [0.5, 0.6) is 115 Å². The van der Waals surface area contributed by atoms with Gasteiger partial charge in [0.15, 0.2) is 115 Å². The predicted octanol–water partition coefficient (Wildman–Crippen LogP) is 11.3. The standard InChI is InChI=1S/C23H34NO9P.2C23H34NO8P.C23H34NO7P/c1-24(2,8-3-6-16-12-18(25)22(29)19(26)13-16)9-5-11-34(31,32)33-10-4-7-17-14-20(27)23(30)21(28)15-17;1-24(2,10-3-6-18-15-21(27)23(29)22(28)16-18)11-5-13-33(30,31)32-12-4-7-17-8-9-19(25)20(26)14-17;1-24(2,10-3-6-17-8-9-19(25)20(26)14-17)11-5-13-33(30,31)32-12-4-7-18-15-21(27)23(29)22(28)16-18;1-24(2,12-3-6-18-8-10-20(25)22(27)16-18)13-5-15-32(29,30)31-14-4-7-19-9-11-21(26)23(28)17-19/h12-15H,3-11H2,1-2H3,(H6-,25,26,27,28,29,30,31,32);2*8-9,14-16H,3-7,10-13H2,1-2H3,(H5-,25,26,27,28,29,30,31);8-11,16-17H,3-7,12-15H2,1-2H3,(H4-,25,26,27,28,29,30). The molecule has 0 saturated heterocycles. The first-order valence-electron chi connectivity index (χ1n) is 43.6. The minimum atomic E-state index is -3.99. The normalized spacial score (nSPS) is 13.7. The van der Waals surface area contributed by atoms with Gasteiger partial charge in [-0.25, -0.2) is 0 Å². The monoisotopic (exact) mass is 1930 g/mol. The van der Waals surface area contributed by atoms with Gasteiger partial charge in [-0.1, -0.05) is 24.3 Å². The lowest BCUT2D eigenvalue weighted by atomic mass is 10.1. The molecule has 20 N–H and O–H groups in total. The van der Waals surface area contributed by atoms with E-state index < -0.39 is 76.4 Å². The summed E-state index contributed by atoms with van der Waals surface area (Å²) >= 11 is 0. The average Bonchev–Trinajstić information content (AvgIpc) is 0.854. The third kappa shape index (κ3) is 43.5. The van der Waals surface area contributed by atoms with E-state index in [9.17, 15) is 140 Å². The zero-order chi connectivity index (χ0) is 98.6. The minimum Gasteiger partial charge on any atom is -0.778 e. The predicted molar refractivity (Wildman–Crippen MR) is 491 cm³/mol. The molecule has 0 saturated carbocycles. The molecule has 8 aromatic carbocycles. The lowest BCUT2D eigenvalue weighted by molar-refractivity contribution is -0.890. The topological polar surface area (TPSA) is 602 Å². The van der Waals surface area contributed by atoms with Crippen molar-refractivity contribution in [2.75, 3.05) is 160 Å². The average molecular weight is 1930 g/mol. The van der Waals surface area contributed by atoms with E-state index in [1.54, 1.807) is 36.4 Å². The van der Waals surface area contributed by atoms with Crippen LogP contribution in [0.1, 0.15) is 122 Å². The summed E-state index contributed by atoms with van der Waals surface area (Å²) < 4.78 is 71.6. The molecule has 8 rings (SSSR count). The van der Waals surface area contributed by atoms with Crippen LogP contribution >= 0.6 is 30.4 Å². The third-order valence-corrected chi connectivity index (χ3v) is 27.7. The van der Waals surface area contributed by atoms with Crippen LogP contribution < -0.4 is 19.6 Å². The Balaban J connectivity index is 0.000000311. The number of benzene rings is 8. The quantitative estimate of drug-likeness (QED) is 0.00728. The summed E-state index contributed by atoms with van der Waals surface area (Å²) in [5.74, 6) is -6.73. The fourth-order valence-electron chi connectivity index (χ4n) is 14.4. The van der Waals surface area contributed by atoms with Gasteiger partial charge < -0.3 is 176 Å². The highest BCUT2D eigenvalue weighted by molar-refractivity contribution is 7.52. The number of quaternary nitrogens is 4. The number of phenols is 20. The molecule has 36 nitrogen and oxygen atoms in total. The lowest BCUT2D eigenvalue weighted by Crippen LogP contribution is -2.41. The molecule has 0 aliphatic carbocycles. The maximum Gasteiger partial charge on any atom is 0.200 e. The van der Waals surface area contributed by atoms with E-state index in [4.69, 9.17) is 18.1 Å². The molecule has 0 aliphatic heterocycles. The van der Waals surface area contributed by atoms with Gasteiger partial charge >= 0.3 is 0 Å². The summed E-state index contributed by atoms with van der Waals surface area (Å²) in [5.41, 5.74) is 5.98. The van der Waals surface area contributed by atoms with Crippen molar-refractivity contribution in [3.05, 3.63) is 166 Å². The van der Waals surface area contributed by atoms with Crippen LogP contribution in [-0.2, 0) is 87.7 Å². The molecule has 4 atom stereocenters. The van der Waals surface area contributed by atoms with Crippen molar-refractivity contribution < 1.29 is 176 Å². The number of phenolic OH excluding ortho intramolecular Hbond substituents is 20. The summed E-state index contributed by atoms with van der Waals surface area (Å²) in [6, 6.07) is 29.5. The van der Waals surface area contributed by atoms with Crippen molar-refractivity contribution >= 4 is 30.4 Å². The summed E-state index contributed by atoms with van der Waals surface area (Å²) in [7, 11) is 0.385. The van der Waals surface area contributed by atoms with Crippen molar-refractivity contribution in [3.8, 4) is 115 Å². The number of hydrogen-bond donors (Lipinski definition) is 20. The van der Waals surface area contributed by atoms with Crippen molar-refractivity contribution in [1.29, 1.82) is 0 Å². The molecular formula is C92H136N4O32P4. The molecule has 0 fully saturated rings. The molecule has 0 radical (unpaired) electrons. The van der Waals surface area contributed by atoms with E-state index in [1.807, 2.05) is 42.3 Å². The van der Waals surface area contributed by atoms with Crippen LogP contribution in [0.3, 0.4) is 0 Å². The van der Waals surface area contributed by atoms with Gasteiger partial charge in [0, 0.05) is 76.0 Å². The van der Waals surface area contributed by atoms with Gasteiger partial charge in [0.1, 0.15) is 30.4 Å². The van der Waals surface area contributed by atoms with Gasteiger partial charge in [-0.15, -0.1) is 0 Å². The molecule has 40 heteroatoms. The summed E-state index contributed by atoms with van der Waals surface area (Å²) in [4.78, 5) is 48.7. The summed E-state index contributed by atoms with van der Waals surface area (Å²) in [6.45, 7) is 5.96. The first-order chi connectivity index (χ1) is 61.5. The fourth-order valence-corrected chi connectivity index (χ4v) is 18.6. The van der Waals surface area contributed by atoms with Gasteiger partial charge in [-0.3, -0.25) is 0 Å². The van der Waals surface area contributed by atoms with Crippen molar-refractivity contribution in [2.24, 2.45) is 0 Å². The Morgan fingerprint density at radius 3 is 0.523 bits per heavy atom. The first kappa shape index (κ1) is 113. The lowest BCUT2D eigenvalue weighted by Gasteiger charge is -2.31. The van der Waals surface area contributed by atoms with Crippen molar-refractivity contribution in [3.63, 3.8) is 0 Å². The molecule has 0 spiro atoms. The molecule has 0 heterocycles. The van der Waals surface area contributed by atoms with E-state index in [1.165, 1.54) is 84.9 Å². The van der Waals surface area contributed by atoms with E-state index in [2.05, 4.69) is 14.1 Å². The Kier molecular flexibility index (Phi) is 45.0. The van der Waals surface area contributed by atoms with Crippen LogP contribution in [0, 0.1) is 0 Å². The number of hydrogen-bond acceptors (Lipinski definition) is 32. The summed E-state index contributed by atoms with van der Waals surface area (Å²) in [6.07, 6.45) is 11.1. The largest absolute Gasteiger partial charge is 0.778 e. The first-order valence-corrected chi connectivity index (χ1v) is 50.5. The van der Waals surface area contributed by atoms with Crippen LogP contribution in [-0.4, -0.2) is 280 Å². The Bertz CT molecular complexity index is 5080. The molecule has 0 amide bonds. The van der Waals surface area contributed by atoms with E-state index in [0.29, 0.717) is 156 Å². The number of rotatable bonds is 52. The maximum absolute atomic E-state index is 12.2. The molecule has 736 valence electrons. The molecule has 4 unspecified atom stereocenters. The number of aromatic hydroxyl groups is 20. The smallest absolute Gasteiger partial charge is 0.200 e. The van der Waals surface area contributed by atoms with E-state index >= 15 is 0 Å². The van der Waals surface area contributed by atoms with Crippen LogP contribution in [0.2, 0.25) is 0 Å². The maximum atomic E-state index is 12.2. The second-order valence-corrected chi connectivity index (χ2v) is 43.4. The van der Waals surface area contributed by atoms with Gasteiger partial charge in [0.05, 0.1) is 135 Å². The molecule has 8 aromatic rings. The highest BCUT2D eigenvalue weighted by atomic mass is 31.2. The molecule has 132 heavy (non-hydrogen) atoms. The molecule has 0 aliphatic rings. The second-order valence-electron chi connectivity index (χ2n) is 35.7. The van der Waals surface area contributed by atoms with Crippen LogP contribution in [0.25, 0.3) is 0 Å². The Morgan fingerprint density at radius 1 is 0.205 bits per heavy atom. The zero-order valence-corrected chi connectivity index (χ0v) is 80.0. The van der Waals surface area contributed by atoms with Gasteiger partial charge in [-0.05, 0) is 219 Å². The molecule has 0 aromatic heterocycles.